The van der Waals surface area contributed by atoms with Gasteiger partial charge in [-0.05, 0) is 48.2 Å². The highest BCUT2D eigenvalue weighted by Crippen LogP contribution is 2.28. The second kappa shape index (κ2) is 13.0. The predicted octanol–water partition coefficient (Wildman–Crippen LogP) is 4.70. The number of rotatable bonds is 7. The number of aromatic nitrogens is 2. The quantitative estimate of drug-likeness (QED) is 0.224. The van der Waals surface area contributed by atoms with Gasteiger partial charge in [0, 0.05) is 19.3 Å². The first-order valence-corrected chi connectivity index (χ1v) is 13.5. The van der Waals surface area contributed by atoms with E-state index in [1.165, 1.54) is 16.2 Å². The fourth-order valence-corrected chi connectivity index (χ4v) is 5.33. The maximum atomic E-state index is 13.6. The van der Waals surface area contributed by atoms with Crippen LogP contribution in [0.3, 0.4) is 0 Å². The number of halogens is 3. The number of alkyl halides is 3. The number of amides is 2. The molecule has 2 unspecified atom stereocenters. The van der Waals surface area contributed by atoms with Gasteiger partial charge in [0.1, 0.15) is 6.04 Å². The SMILES string of the molecule is NCc1ccc(C(NC(=O)N2CCCC2C(=O)c2ccc[nH]2)C(=O)c2nc3ccccc3s2)cc1.O=C(O)C(F)(F)F. The molecule has 1 aliphatic rings. The number of carbonyl (C=O) groups excluding carboxylic acids is 3. The van der Waals surface area contributed by atoms with Crippen LogP contribution in [0.5, 0.6) is 0 Å². The summed E-state index contributed by atoms with van der Waals surface area (Å²) in [5.74, 6) is -3.19. The van der Waals surface area contributed by atoms with Crippen LogP contribution in [-0.4, -0.2) is 62.3 Å². The largest absolute Gasteiger partial charge is 0.490 e. The number of carbonyl (C=O) groups is 4. The minimum Gasteiger partial charge on any atom is -0.475 e. The lowest BCUT2D eigenvalue weighted by Gasteiger charge is -2.26. The summed E-state index contributed by atoms with van der Waals surface area (Å²) in [4.78, 5) is 57.9. The van der Waals surface area contributed by atoms with E-state index in [-0.39, 0.29) is 11.6 Å². The Hall–Kier alpha value is -4.56. The molecule has 2 aromatic heterocycles. The van der Waals surface area contributed by atoms with Crippen molar-refractivity contribution in [3.05, 3.63) is 88.7 Å². The summed E-state index contributed by atoms with van der Waals surface area (Å²) < 4.78 is 32.6. The number of nitrogens with one attached hydrogen (secondary N) is 2. The van der Waals surface area contributed by atoms with Gasteiger partial charge in [0.25, 0.3) is 0 Å². The number of likely N-dealkylation sites (tertiary alicyclic amines) is 1. The van der Waals surface area contributed by atoms with Crippen LogP contribution in [0, 0.1) is 0 Å². The molecule has 1 aliphatic heterocycles. The second-order valence-electron chi connectivity index (χ2n) is 9.28. The Bertz CT molecular complexity index is 1540. The van der Waals surface area contributed by atoms with Crippen LogP contribution in [0.15, 0.2) is 66.9 Å². The van der Waals surface area contributed by atoms with Crippen molar-refractivity contribution >= 4 is 45.1 Å². The van der Waals surface area contributed by atoms with Crippen molar-refractivity contribution in [3.8, 4) is 0 Å². The van der Waals surface area contributed by atoms with Crippen LogP contribution in [0.1, 0.15) is 50.3 Å². The van der Waals surface area contributed by atoms with Crippen LogP contribution in [0.4, 0.5) is 18.0 Å². The van der Waals surface area contributed by atoms with Gasteiger partial charge >= 0.3 is 18.2 Å². The molecule has 4 aromatic rings. The van der Waals surface area contributed by atoms with Crippen LogP contribution in [0.25, 0.3) is 10.2 Å². The van der Waals surface area contributed by atoms with Crippen LogP contribution < -0.4 is 11.1 Å². The summed E-state index contributed by atoms with van der Waals surface area (Å²) in [6.07, 6.45) is -2.11. The highest BCUT2D eigenvalue weighted by molar-refractivity contribution is 7.20. The van der Waals surface area contributed by atoms with E-state index in [1.807, 2.05) is 36.4 Å². The van der Waals surface area contributed by atoms with Crippen LogP contribution in [0.2, 0.25) is 0 Å². The number of aromatic amines is 1. The Labute approximate surface area is 241 Å². The number of benzene rings is 2. The molecular formula is C28H26F3N5O5S. The Balaban J connectivity index is 0.000000517. The van der Waals surface area contributed by atoms with Gasteiger partial charge in [-0.2, -0.15) is 13.2 Å². The highest BCUT2D eigenvalue weighted by atomic mass is 32.1. The molecule has 1 fully saturated rings. The number of thiazole rings is 1. The van der Waals surface area contributed by atoms with E-state index >= 15 is 0 Å². The molecule has 0 bridgehead atoms. The lowest BCUT2D eigenvalue weighted by molar-refractivity contribution is -0.192. The maximum absolute atomic E-state index is 13.6. The summed E-state index contributed by atoms with van der Waals surface area (Å²) in [6.45, 7) is 0.816. The third-order valence-corrected chi connectivity index (χ3v) is 7.56. The van der Waals surface area contributed by atoms with E-state index < -0.39 is 30.3 Å². The van der Waals surface area contributed by atoms with Gasteiger partial charge in [0.05, 0.1) is 22.0 Å². The smallest absolute Gasteiger partial charge is 0.475 e. The number of carboxylic acids is 1. The van der Waals surface area contributed by atoms with Gasteiger partial charge in [-0.3, -0.25) is 9.59 Å². The topological polar surface area (TPSA) is 158 Å². The molecule has 1 saturated heterocycles. The van der Waals surface area contributed by atoms with E-state index in [4.69, 9.17) is 15.6 Å². The molecule has 2 amide bonds. The summed E-state index contributed by atoms with van der Waals surface area (Å²) in [7, 11) is 0. The number of nitrogens with two attached hydrogens (primary N) is 1. The first kappa shape index (κ1) is 30.4. The molecule has 0 saturated carbocycles. The second-order valence-corrected chi connectivity index (χ2v) is 10.3. The Morgan fingerprint density at radius 2 is 1.79 bits per heavy atom. The number of Topliss-reactive ketones (excluding diaryl/α,β-unsaturated/α-hetero) is 2. The zero-order valence-corrected chi connectivity index (χ0v) is 22.7. The van der Waals surface area contributed by atoms with Gasteiger partial charge in [-0.25, -0.2) is 14.6 Å². The first-order valence-electron chi connectivity index (χ1n) is 12.7. The summed E-state index contributed by atoms with van der Waals surface area (Å²) in [5.41, 5.74) is 8.48. The van der Waals surface area contributed by atoms with Crippen molar-refractivity contribution in [1.82, 2.24) is 20.2 Å². The summed E-state index contributed by atoms with van der Waals surface area (Å²) >= 11 is 1.30. The van der Waals surface area contributed by atoms with Crippen LogP contribution >= 0.6 is 11.3 Å². The number of para-hydroxylation sites is 1. The molecule has 0 spiro atoms. The molecule has 2 aromatic carbocycles. The fourth-order valence-electron chi connectivity index (χ4n) is 4.40. The molecule has 10 nitrogen and oxygen atoms in total. The maximum Gasteiger partial charge on any atom is 0.490 e. The van der Waals surface area contributed by atoms with Crippen molar-refractivity contribution < 1.29 is 37.5 Å². The number of carboxylic acid groups (broad SMARTS) is 1. The average molecular weight is 602 g/mol. The first-order chi connectivity index (χ1) is 20.0. The fraction of sp³-hybridized carbons (Fsp3) is 0.250. The van der Waals surface area contributed by atoms with Gasteiger partial charge in [0.15, 0.2) is 5.01 Å². The molecule has 3 heterocycles. The number of urea groups is 1. The molecule has 220 valence electrons. The zero-order valence-electron chi connectivity index (χ0n) is 21.9. The third kappa shape index (κ3) is 7.01. The molecule has 42 heavy (non-hydrogen) atoms. The van der Waals surface area contributed by atoms with Gasteiger partial charge < -0.3 is 26.0 Å². The van der Waals surface area contributed by atoms with Crippen molar-refractivity contribution in [2.45, 2.75) is 37.6 Å². The molecular weight excluding hydrogens is 575 g/mol. The molecule has 2 atom stereocenters. The predicted molar refractivity (Wildman–Crippen MR) is 148 cm³/mol. The number of ketones is 2. The van der Waals surface area contributed by atoms with Gasteiger partial charge in [0.2, 0.25) is 11.6 Å². The van der Waals surface area contributed by atoms with Crippen molar-refractivity contribution in [2.75, 3.05) is 6.54 Å². The molecule has 5 N–H and O–H groups in total. The van der Waals surface area contributed by atoms with Crippen molar-refractivity contribution in [2.24, 2.45) is 5.73 Å². The van der Waals surface area contributed by atoms with E-state index in [1.54, 1.807) is 30.5 Å². The van der Waals surface area contributed by atoms with Crippen molar-refractivity contribution in [1.29, 1.82) is 0 Å². The van der Waals surface area contributed by atoms with E-state index in [2.05, 4.69) is 15.3 Å². The lowest BCUT2D eigenvalue weighted by Crippen LogP contribution is -2.48. The van der Waals surface area contributed by atoms with Gasteiger partial charge in [-0.15, -0.1) is 11.3 Å². The summed E-state index contributed by atoms with van der Waals surface area (Å²) in [6, 6.07) is 16.3. The van der Waals surface area contributed by atoms with E-state index in [9.17, 15) is 27.6 Å². The zero-order chi connectivity index (χ0) is 30.4. The number of H-pyrrole nitrogens is 1. The minimum absolute atomic E-state index is 0.135. The number of nitrogens with zero attached hydrogens (tertiary/aromatic N) is 2. The number of hydrogen-bond acceptors (Lipinski definition) is 7. The minimum atomic E-state index is -5.08. The lowest BCUT2D eigenvalue weighted by atomic mass is 10.0. The normalized spacial score (nSPS) is 15.5. The van der Waals surface area contributed by atoms with E-state index in [0.717, 1.165) is 15.8 Å². The average Bonchev–Trinajstić information content (AvgIpc) is 3.76. The summed E-state index contributed by atoms with van der Waals surface area (Å²) in [5, 5.41) is 10.3. The number of fused-ring (bicyclic) bond motifs is 1. The number of hydrogen-bond donors (Lipinski definition) is 4. The van der Waals surface area contributed by atoms with Gasteiger partial charge in [-0.1, -0.05) is 36.4 Å². The molecule has 5 rings (SSSR count). The Morgan fingerprint density at radius 1 is 1.10 bits per heavy atom. The highest BCUT2D eigenvalue weighted by Gasteiger charge is 2.38. The van der Waals surface area contributed by atoms with Crippen molar-refractivity contribution in [3.63, 3.8) is 0 Å². The monoisotopic (exact) mass is 601 g/mol. The standard InChI is InChI=1S/C26H25N5O3S.C2HF3O2/c27-15-16-9-11-17(12-10-16)22(24(33)25-29-18-5-1-2-8-21(18)35-25)30-26(34)31-14-4-7-20(31)23(32)19-6-3-13-28-19;3-2(4,5)1(6)7/h1-3,5-6,8-13,20,22,28H,4,7,14-15,27H2,(H,30,34);(H,6,7). The Morgan fingerprint density at radius 3 is 2.38 bits per heavy atom. The Kier molecular flexibility index (Phi) is 9.38. The number of aliphatic carboxylic acids is 1. The van der Waals surface area contributed by atoms with E-state index in [0.29, 0.717) is 42.2 Å². The third-order valence-electron chi connectivity index (χ3n) is 6.51. The van der Waals surface area contributed by atoms with Crippen LogP contribution in [-0.2, 0) is 11.3 Å². The molecule has 14 heteroatoms. The molecule has 0 aliphatic carbocycles. The molecule has 0 radical (unpaired) electrons.